The van der Waals surface area contributed by atoms with Crippen LogP contribution in [0, 0.1) is 0 Å². The molecule has 184 valence electrons. The first-order valence-electron chi connectivity index (χ1n) is 13.5. The Balaban J connectivity index is 1.40. The molecule has 0 radical (unpaired) electrons. The Bertz CT molecular complexity index is 2660. The van der Waals surface area contributed by atoms with Crippen LogP contribution in [0.1, 0.15) is 0 Å². The molecular formula is C36H19N3O. The Morgan fingerprint density at radius 2 is 1.30 bits per heavy atom. The second-order valence-electron chi connectivity index (χ2n) is 10.6. The molecule has 0 atom stereocenters. The maximum absolute atomic E-state index is 6.53. The number of nitrogens with zero attached hydrogens (tertiary/aromatic N) is 3. The summed E-state index contributed by atoms with van der Waals surface area (Å²) < 4.78 is 8.82. The smallest absolute Gasteiger partial charge is 0.165 e. The first-order chi connectivity index (χ1) is 19.8. The van der Waals surface area contributed by atoms with Gasteiger partial charge >= 0.3 is 0 Å². The summed E-state index contributed by atoms with van der Waals surface area (Å²) in [6, 6.07) is 40.7. The standard InChI is InChI=1S/C36H19N3O/c1-2-8-21-17-22(14-13-20(21)7-1)23-15-16-30-25(18-23)26-19-27-24-9-3-6-12-31(24)40-35(27)32-33-36(39(30)34(26)32)38-29-11-5-4-10-28(29)37-33/h1-19H. The predicted octanol–water partition coefficient (Wildman–Crippen LogP) is 9.50. The third-order valence-corrected chi connectivity index (χ3v) is 8.48. The fourth-order valence-corrected chi connectivity index (χ4v) is 6.66. The molecule has 0 amide bonds. The molecule has 0 spiro atoms. The summed E-state index contributed by atoms with van der Waals surface area (Å²) in [5.41, 5.74) is 9.91. The van der Waals surface area contributed by atoms with E-state index in [0.29, 0.717) is 0 Å². The van der Waals surface area contributed by atoms with Crippen molar-refractivity contribution in [2.45, 2.75) is 0 Å². The molecule has 0 N–H and O–H groups in total. The largest absolute Gasteiger partial charge is 0.455 e. The molecule has 0 fully saturated rings. The molecule has 0 aliphatic rings. The normalized spacial score (nSPS) is 12.5. The molecular weight excluding hydrogens is 490 g/mol. The lowest BCUT2D eigenvalue weighted by Crippen LogP contribution is -1.89. The highest BCUT2D eigenvalue weighted by Gasteiger charge is 2.25. The number of aromatic nitrogens is 3. The van der Waals surface area contributed by atoms with E-state index in [1.807, 2.05) is 36.4 Å². The van der Waals surface area contributed by atoms with Gasteiger partial charge in [-0.1, -0.05) is 72.8 Å². The fourth-order valence-electron chi connectivity index (χ4n) is 6.66. The van der Waals surface area contributed by atoms with Crippen molar-refractivity contribution < 1.29 is 4.42 Å². The lowest BCUT2D eigenvalue weighted by molar-refractivity contribution is 0.673. The molecule has 4 aromatic heterocycles. The van der Waals surface area contributed by atoms with E-state index in [1.54, 1.807) is 0 Å². The summed E-state index contributed by atoms with van der Waals surface area (Å²) in [6.07, 6.45) is 0. The van der Waals surface area contributed by atoms with Crippen molar-refractivity contribution >= 4 is 82.1 Å². The average molecular weight is 510 g/mol. The highest BCUT2D eigenvalue weighted by Crippen LogP contribution is 2.45. The Kier molecular flexibility index (Phi) is 3.65. The van der Waals surface area contributed by atoms with Crippen LogP contribution in [0.3, 0.4) is 0 Å². The summed E-state index contributed by atoms with van der Waals surface area (Å²) in [6.45, 7) is 0. The number of benzene rings is 6. The van der Waals surface area contributed by atoms with Gasteiger partial charge in [-0.3, -0.25) is 4.40 Å². The van der Waals surface area contributed by atoms with Crippen LogP contribution in [-0.4, -0.2) is 14.4 Å². The highest BCUT2D eigenvalue weighted by molar-refractivity contribution is 6.32. The number of furan rings is 1. The number of hydrogen-bond donors (Lipinski definition) is 0. The summed E-state index contributed by atoms with van der Waals surface area (Å²) >= 11 is 0. The van der Waals surface area contributed by atoms with Crippen LogP contribution >= 0.6 is 0 Å². The van der Waals surface area contributed by atoms with Gasteiger partial charge in [0.05, 0.1) is 27.5 Å². The Morgan fingerprint density at radius 1 is 0.550 bits per heavy atom. The van der Waals surface area contributed by atoms with Gasteiger partial charge in [-0.05, 0) is 64.4 Å². The molecule has 0 unspecified atom stereocenters. The SMILES string of the molecule is c1ccc2cc(-c3ccc4c(c3)c3cc5c6ccccc6oc5c5c6nc7ccccc7nc6n4c35)ccc2c1. The molecule has 10 aromatic rings. The van der Waals surface area contributed by atoms with E-state index in [1.165, 1.54) is 32.7 Å². The topological polar surface area (TPSA) is 43.3 Å². The van der Waals surface area contributed by atoms with Crippen molar-refractivity contribution in [2.24, 2.45) is 0 Å². The van der Waals surface area contributed by atoms with E-state index in [4.69, 9.17) is 14.4 Å². The van der Waals surface area contributed by atoms with E-state index < -0.39 is 0 Å². The van der Waals surface area contributed by atoms with E-state index in [2.05, 4.69) is 83.3 Å². The third-order valence-electron chi connectivity index (χ3n) is 8.48. The second-order valence-corrected chi connectivity index (χ2v) is 10.6. The first-order valence-corrected chi connectivity index (χ1v) is 13.5. The van der Waals surface area contributed by atoms with Crippen LogP contribution in [0.25, 0.3) is 93.2 Å². The van der Waals surface area contributed by atoms with Crippen LogP contribution in [0.15, 0.2) is 120 Å². The van der Waals surface area contributed by atoms with Crippen LogP contribution in [-0.2, 0) is 0 Å². The van der Waals surface area contributed by atoms with Gasteiger partial charge in [-0.2, -0.15) is 0 Å². The predicted molar refractivity (Wildman–Crippen MR) is 164 cm³/mol. The van der Waals surface area contributed by atoms with Gasteiger partial charge < -0.3 is 4.42 Å². The molecule has 0 saturated heterocycles. The van der Waals surface area contributed by atoms with Crippen LogP contribution in [0.4, 0.5) is 0 Å². The Labute approximate surface area is 227 Å². The minimum Gasteiger partial charge on any atom is -0.455 e. The molecule has 6 aromatic carbocycles. The van der Waals surface area contributed by atoms with Gasteiger partial charge in [0, 0.05) is 21.5 Å². The van der Waals surface area contributed by atoms with Gasteiger partial charge in [0.25, 0.3) is 0 Å². The zero-order valence-electron chi connectivity index (χ0n) is 21.2. The van der Waals surface area contributed by atoms with E-state index in [-0.39, 0.29) is 0 Å². The van der Waals surface area contributed by atoms with Gasteiger partial charge in [-0.25, -0.2) is 9.97 Å². The summed E-state index contributed by atoms with van der Waals surface area (Å²) in [7, 11) is 0. The van der Waals surface area contributed by atoms with Gasteiger partial charge in [0.2, 0.25) is 0 Å². The lowest BCUT2D eigenvalue weighted by atomic mass is 9.99. The van der Waals surface area contributed by atoms with E-state index in [0.717, 1.165) is 60.6 Å². The molecule has 0 saturated carbocycles. The summed E-state index contributed by atoms with van der Waals surface area (Å²) in [5.74, 6) is 0. The van der Waals surface area contributed by atoms with Crippen molar-refractivity contribution in [1.29, 1.82) is 0 Å². The zero-order chi connectivity index (χ0) is 25.9. The maximum atomic E-state index is 6.53. The molecule has 10 rings (SSSR count). The van der Waals surface area contributed by atoms with Crippen molar-refractivity contribution in [1.82, 2.24) is 14.4 Å². The van der Waals surface area contributed by atoms with Gasteiger partial charge in [0.1, 0.15) is 16.7 Å². The van der Waals surface area contributed by atoms with Crippen molar-refractivity contribution in [3.8, 4) is 11.1 Å². The minimum atomic E-state index is 0.861. The number of hydrogen-bond acceptors (Lipinski definition) is 3. The van der Waals surface area contributed by atoms with E-state index >= 15 is 0 Å². The third kappa shape index (κ3) is 2.51. The minimum absolute atomic E-state index is 0.861. The first kappa shape index (κ1) is 20.5. The molecule has 0 bridgehead atoms. The average Bonchev–Trinajstić information content (AvgIpc) is 3.65. The van der Waals surface area contributed by atoms with Gasteiger partial charge in [-0.15, -0.1) is 0 Å². The molecule has 0 aliphatic carbocycles. The van der Waals surface area contributed by atoms with Crippen LogP contribution < -0.4 is 0 Å². The maximum Gasteiger partial charge on any atom is 0.165 e. The fraction of sp³-hybridized carbons (Fsp3) is 0. The Hall–Kier alpha value is -5.48. The summed E-state index contributed by atoms with van der Waals surface area (Å²) in [5, 5.41) is 8.14. The molecule has 4 heterocycles. The van der Waals surface area contributed by atoms with Crippen LogP contribution in [0.5, 0.6) is 0 Å². The highest BCUT2D eigenvalue weighted by atomic mass is 16.3. The molecule has 40 heavy (non-hydrogen) atoms. The number of para-hydroxylation sites is 3. The monoisotopic (exact) mass is 509 g/mol. The second kappa shape index (κ2) is 7.13. The molecule has 0 aliphatic heterocycles. The van der Waals surface area contributed by atoms with E-state index in [9.17, 15) is 0 Å². The Morgan fingerprint density at radius 3 is 2.23 bits per heavy atom. The number of rotatable bonds is 1. The quantitative estimate of drug-likeness (QED) is 0.221. The number of fused-ring (bicyclic) bond motifs is 12. The zero-order valence-corrected chi connectivity index (χ0v) is 21.2. The lowest BCUT2D eigenvalue weighted by Gasteiger charge is -2.06. The van der Waals surface area contributed by atoms with Gasteiger partial charge in [0.15, 0.2) is 5.65 Å². The van der Waals surface area contributed by atoms with Crippen molar-refractivity contribution in [3.05, 3.63) is 115 Å². The molecule has 4 heteroatoms. The summed E-state index contributed by atoms with van der Waals surface area (Å²) in [4.78, 5) is 10.3. The molecule has 4 nitrogen and oxygen atoms in total. The van der Waals surface area contributed by atoms with Crippen molar-refractivity contribution in [2.75, 3.05) is 0 Å². The van der Waals surface area contributed by atoms with Crippen LogP contribution in [0.2, 0.25) is 0 Å². The van der Waals surface area contributed by atoms with Crippen molar-refractivity contribution in [3.63, 3.8) is 0 Å².